The Morgan fingerprint density at radius 1 is 0.684 bits per heavy atom. The third-order valence-electron chi connectivity index (χ3n) is 4.30. The number of piperazine rings is 2. The highest BCUT2D eigenvalue weighted by atomic mass is 15.3. The van der Waals surface area contributed by atoms with E-state index in [-0.39, 0.29) is 0 Å². The molecule has 0 unspecified atom stereocenters. The molecule has 0 amide bonds. The van der Waals surface area contributed by atoms with Crippen molar-refractivity contribution in [3.8, 4) is 0 Å². The molecule has 5 nitrogen and oxygen atoms in total. The van der Waals surface area contributed by atoms with Crippen molar-refractivity contribution in [2.75, 3.05) is 78.5 Å². The molecule has 0 saturated carbocycles. The van der Waals surface area contributed by atoms with Gasteiger partial charge in [-0.1, -0.05) is 0 Å². The Balaban J connectivity index is 1.50. The molecule has 5 heteroatoms. The molecule has 0 aromatic heterocycles. The van der Waals surface area contributed by atoms with Crippen LogP contribution in [0.4, 0.5) is 0 Å². The molecule has 0 aromatic carbocycles. The molecule has 3 N–H and O–H groups in total. The van der Waals surface area contributed by atoms with Gasteiger partial charge in [-0.05, 0) is 39.0 Å². The summed E-state index contributed by atoms with van der Waals surface area (Å²) in [5.74, 6) is 0. The van der Waals surface area contributed by atoms with E-state index in [1.165, 1.54) is 78.4 Å². The van der Waals surface area contributed by atoms with Crippen LogP contribution in [0.25, 0.3) is 0 Å². The van der Waals surface area contributed by atoms with Crippen LogP contribution < -0.4 is 11.1 Å². The maximum atomic E-state index is 5.56. The normalized spacial score (nSPS) is 23.8. The first-order valence-electron chi connectivity index (χ1n) is 7.96. The predicted octanol–water partition coefficient (Wildman–Crippen LogP) is -0.752. The summed E-state index contributed by atoms with van der Waals surface area (Å²) in [7, 11) is 0. The van der Waals surface area contributed by atoms with Crippen LogP contribution in [-0.2, 0) is 0 Å². The van der Waals surface area contributed by atoms with Crippen LogP contribution in [0.1, 0.15) is 12.8 Å². The van der Waals surface area contributed by atoms with Gasteiger partial charge in [-0.15, -0.1) is 0 Å². The zero-order valence-corrected chi connectivity index (χ0v) is 12.3. The number of nitrogens with zero attached hydrogens (tertiary/aromatic N) is 3. The molecular weight excluding hydrogens is 238 g/mol. The summed E-state index contributed by atoms with van der Waals surface area (Å²) in [4.78, 5) is 7.77. The zero-order chi connectivity index (χ0) is 13.3. The Kier molecular flexibility index (Phi) is 7.09. The fraction of sp³-hybridized carbons (Fsp3) is 1.00. The van der Waals surface area contributed by atoms with Gasteiger partial charge in [0.2, 0.25) is 0 Å². The van der Waals surface area contributed by atoms with Gasteiger partial charge in [0.25, 0.3) is 0 Å². The standard InChI is InChI=1S/C14H31N5/c15-3-1-6-18-11-13-19(14-12-18)8-2-7-17-9-4-16-5-10-17/h16H,1-15H2. The molecule has 2 heterocycles. The van der Waals surface area contributed by atoms with Crippen molar-refractivity contribution in [1.82, 2.24) is 20.0 Å². The van der Waals surface area contributed by atoms with Gasteiger partial charge in [-0.2, -0.15) is 0 Å². The largest absolute Gasteiger partial charge is 0.330 e. The summed E-state index contributed by atoms with van der Waals surface area (Å²) >= 11 is 0. The zero-order valence-electron chi connectivity index (χ0n) is 12.3. The third kappa shape index (κ3) is 5.75. The number of nitrogens with one attached hydrogen (secondary N) is 1. The van der Waals surface area contributed by atoms with Crippen molar-refractivity contribution in [3.63, 3.8) is 0 Å². The molecule has 19 heavy (non-hydrogen) atoms. The van der Waals surface area contributed by atoms with Crippen LogP contribution >= 0.6 is 0 Å². The Morgan fingerprint density at radius 2 is 1.16 bits per heavy atom. The highest BCUT2D eigenvalue weighted by molar-refractivity contribution is 4.73. The number of hydrogen-bond donors (Lipinski definition) is 2. The molecule has 2 saturated heterocycles. The summed E-state index contributed by atoms with van der Waals surface area (Å²) in [5, 5.41) is 3.41. The van der Waals surface area contributed by atoms with E-state index in [4.69, 9.17) is 5.73 Å². The Hall–Kier alpha value is -0.200. The van der Waals surface area contributed by atoms with Crippen LogP contribution in [0.3, 0.4) is 0 Å². The fourth-order valence-corrected chi connectivity index (χ4v) is 3.00. The first-order chi connectivity index (χ1) is 9.38. The van der Waals surface area contributed by atoms with E-state index in [2.05, 4.69) is 20.0 Å². The van der Waals surface area contributed by atoms with Crippen molar-refractivity contribution in [2.24, 2.45) is 5.73 Å². The smallest absolute Gasteiger partial charge is 0.0110 e. The highest BCUT2D eigenvalue weighted by Crippen LogP contribution is 2.04. The average molecular weight is 269 g/mol. The number of hydrogen-bond acceptors (Lipinski definition) is 5. The molecule has 0 bridgehead atoms. The van der Waals surface area contributed by atoms with Crippen LogP contribution in [-0.4, -0.2) is 93.2 Å². The van der Waals surface area contributed by atoms with Crippen molar-refractivity contribution in [2.45, 2.75) is 12.8 Å². The van der Waals surface area contributed by atoms with E-state index in [0.717, 1.165) is 13.0 Å². The lowest BCUT2D eigenvalue weighted by molar-refractivity contribution is 0.125. The van der Waals surface area contributed by atoms with E-state index < -0.39 is 0 Å². The molecule has 0 aromatic rings. The van der Waals surface area contributed by atoms with Crippen LogP contribution in [0.2, 0.25) is 0 Å². The van der Waals surface area contributed by atoms with Gasteiger partial charge < -0.3 is 25.8 Å². The minimum absolute atomic E-state index is 0.824. The SMILES string of the molecule is NCCCN1CCN(CCCN2CCNCC2)CC1. The van der Waals surface area contributed by atoms with Gasteiger partial charge in [0, 0.05) is 52.4 Å². The van der Waals surface area contributed by atoms with Crippen molar-refractivity contribution < 1.29 is 0 Å². The monoisotopic (exact) mass is 269 g/mol. The summed E-state index contributed by atoms with van der Waals surface area (Å²) in [6.07, 6.45) is 2.46. The number of rotatable bonds is 7. The Labute approximate surface area is 118 Å². The van der Waals surface area contributed by atoms with E-state index in [0.29, 0.717) is 0 Å². The van der Waals surface area contributed by atoms with E-state index in [9.17, 15) is 0 Å². The molecule has 2 fully saturated rings. The van der Waals surface area contributed by atoms with Crippen molar-refractivity contribution >= 4 is 0 Å². The highest BCUT2D eigenvalue weighted by Gasteiger charge is 2.16. The van der Waals surface area contributed by atoms with Crippen LogP contribution in [0.15, 0.2) is 0 Å². The maximum Gasteiger partial charge on any atom is 0.0110 e. The van der Waals surface area contributed by atoms with Crippen molar-refractivity contribution in [3.05, 3.63) is 0 Å². The molecule has 0 spiro atoms. The second-order valence-corrected chi connectivity index (χ2v) is 5.77. The van der Waals surface area contributed by atoms with Gasteiger partial charge in [0.05, 0.1) is 0 Å². The van der Waals surface area contributed by atoms with Gasteiger partial charge >= 0.3 is 0 Å². The topological polar surface area (TPSA) is 47.8 Å². The fourth-order valence-electron chi connectivity index (χ4n) is 3.00. The second kappa shape index (κ2) is 8.87. The molecule has 0 aliphatic carbocycles. The summed E-state index contributed by atoms with van der Waals surface area (Å²) in [6, 6.07) is 0. The predicted molar refractivity (Wildman–Crippen MR) is 80.5 cm³/mol. The molecule has 112 valence electrons. The second-order valence-electron chi connectivity index (χ2n) is 5.77. The van der Waals surface area contributed by atoms with Crippen LogP contribution in [0, 0.1) is 0 Å². The number of nitrogens with two attached hydrogens (primary N) is 1. The first kappa shape index (κ1) is 15.2. The van der Waals surface area contributed by atoms with E-state index in [1.807, 2.05) is 0 Å². The van der Waals surface area contributed by atoms with E-state index in [1.54, 1.807) is 0 Å². The minimum atomic E-state index is 0.824. The molecular formula is C14H31N5. The van der Waals surface area contributed by atoms with E-state index >= 15 is 0 Å². The third-order valence-corrected chi connectivity index (χ3v) is 4.30. The molecule has 2 rings (SSSR count). The first-order valence-corrected chi connectivity index (χ1v) is 7.96. The summed E-state index contributed by atoms with van der Waals surface area (Å²) in [5.41, 5.74) is 5.56. The lowest BCUT2D eigenvalue weighted by atomic mass is 10.2. The van der Waals surface area contributed by atoms with Crippen molar-refractivity contribution in [1.29, 1.82) is 0 Å². The van der Waals surface area contributed by atoms with Gasteiger partial charge in [-0.25, -0.2) is 0 Å². The molecule has 0 radical (unpaired) electrons. The van der Waals surface area contributed by atoms with Gasteiger partial charge in [-0.3, -0.25) is 0 Å². The maximum absolute atomic E-state index is 5.56. The minimum Gasteiger partial charge on any atom is -0.330 e. The van der Waals surface area contributed by atoms with Gasteiger partial charge in [0.15, 0.2) is 0 Å². The average Bonchev–Trinajstić information content (AvgIpc) is 2.47. The summed E-state index contributed by atoms with van der Waals surface area (Å²) in [6.45, 7) is 14.3. The molecule has 2 aliphatic heterocycles. The lowest BCUT2D eigenvalue weighted by Gasteiger charge is -2.35. The lowest BCUT2D eigenvalue weighted by Crippen LogP contribution is -2.48. The quantitative estimate of drug-likeness (QED) is 0.637. The molecule has 0 atom stereocenters. The Bertz CT molecular complexity index is 222. The summed E-state index contributed by atoms with van der Waals surface area (Å²) < 4.78 is 0. The van der Waals surface area contributed by atoms with Gasteiger partial charge in [0.1, 0.15) is 0 Å². The molecule has 2 aliphatic rings. The Morgan fingerprint density at radius 3 is 1.68 bits per heavy atom. The van der Waals surface area contributed by atoms with Crippen LogP contribution in [0.5, 0.6) is 0 Å².